The molecule has 0 saturated carbocycles. The van der Waals surface area contributed by atoms with Crippen molar-refractivity contribution >= 4 is 21.8 Å². The minimum absolute atomic E-state index is 0.295. The van der Waals surface area contributed by atoms with Crippen LogP contribution in [-0.2, 0) is 17.6 Å². The van der Waals surface area contributed by atoms with E-state index in [0.29, 0.717) is 25.7 Å². The van der Waals surface area contributed by atoms with E-state index >= 15 is 0 Å². The van der Waals surface area contributed by atoms with E-state index in [2.05, 4.69) is 21.2 Å². The van der Waals surface area contributed by atoms with Gasteiger partial charge < -0.3 is 10.4 Å². The fourth-order valence-corrected chi connectivity index (χ4v) is 2.87. The summed E-state index contributed by atoms with van der Waals surface area (Å²) < 4.78 is 1.00. The number of nitriles is 1. The maximum absolute atomic E-state index is 12.2. The van der Waals surface area contributed by atoms with Gasteiger partial charge in [0, 0.05) is 10.9 Å². The summed E-state index contributed by atoms with van der Waals surface area (Å²) in [7, 11) is 0. The van der Waals surface area contributed by atoms with Gasteiger partial charge in [-0.2, -0.15) is 5.26 Å². The number of amides is 1. The predicted molar refractivity (Wildman–Crippen MR) is 79.0 cm³/mol. The standard InChI is InChI=1S/C15H17BrN2O2/c1-2-13(9-17)18-14(19)15(20)6-5-10-7-12(16)4-3-11(10)8-15/h3-4,7,13,20H,2,5-6,8H2,1H3,(H,18,19)/t13-,15?/m1/s1. The van der Waals surface area contributed by atoms with Gasteiger partial charge in [0.15, 0.2) is 0 Å². The molecule has 2 N–H and O–H groups in total. The van der Waals surface area contributed by atoms with E-state index in [0.717, 1.165) is 15.6 Å². The van der Waals surface area contributed by atoms with Crippen molar-refractivity contribution in [2.45, 2.75) is 44.2 Å². The highest BCUT2D eigenvalue weighted by molar-refractivity contribution is 9.10. The number of carbonyl (C=O) groups is 1. The van der Waals surface area contributed by atoms with Gasteiger partial charge in [-0.25, -0.2) is 0 Å². The van der Waals surface area contributed by atoms with E-state index in [1.165, 1.54) is 0 Å². The minimum Gasteiger partial charge on any atom is -0.380 e. The smallest absolute Gasteiger partial charge is 0.253 e. The molecule has 0 aromatic heterocycles. The summed E-state index contributed by atoms with van der Waals surface area (Å²) in [6, 6.07) is 7.34. The van der Waals surface area contributed by atoms with Crippen LogP contribution < -0.4 is 5.32 Å². The van der Waals surface area contributed by atoms with Crippen molar-refractivity contribution in [3.8, 4) is 6.07 Å². The Morgan fingerprint density at radius 2 is 2.35 bits per heavy atom. The van der Waals surface area contributed by atoms with Gasteiger partial charge in [-0.1, -0.05) is 28.9 Å². The van der Waals surface area contributed by atoms with Crippen LogP contribution >= 0.6 is 15.9 Å². The van der Waals surface area contributed by atoms with Crippen LogP contribution in [0.4, 0.5) is 0 Å². The first-order valence-corrected chi connectivity index (χ1v) is 7.48. The van der Waals surface area contributed by atoms with Gasteiger partial charge >= 0.3 is 0 Å². The molecule has 0 bridgehead atoms. The van der Waals surface area contributed by atoms with Crippen LogP contribution in [0.25, 0.3) is 0 Å². The molecule has 0 heterocycles. The zero-order valence-electron chi connectivity index (χ0n) is 11.3. The van der Waals surface area contributed by atoms with Crippen molar-refractivity contribution in [2.24, 2.45) is 0 Å². The highest BCUT2D eigenvalue weighted by Gasteiger charge is 2.39. The monoisotopic (exact) mass is 336 g/mol. The Labute approximate surface area is 126 Å². The summed E-state index contributed by atoms with van der Waals surface area (Å²) >= 11 is 3.42. The summed E-state index contributed by atoms with van der Waals surface area (Å²) in [5.41, 5.74) is 0.733. The van der Waals surface area contributed by atoms with Crippen molar-refractivity contribution in [1.29, 1.82) is 5.26 Å². The van der Waals surface area contributed by atoms with Gasteiger partial charge in [0.1, 0.15) is 11.6 Å². The van der Waals surface area contributed by atoms with E-state index in [9.17, 15) is 9.90 Å². The first-order chi connectivity index (χ1) is 9.48. The Hall–Kier alpha value is -1.38. The molecule has 106 valence electrons. The highest BCUT2D eigenvalue weighted by atomic mass is 79.9. The summed E-state index contributed by atoms with van der Waals surface area (Å²) in [6.45, 7) is 1.83. The number of halogens is 1. The first kappa shape index (κ1) is 15.0. The lowest BCUT2D eigenvalue weighted by Gasteiger charge is -2.32. The largest absolute Gasteiger partial charge is 0.380 e. The number of hydrogen-bond donors (Lipinski definition) is 2. The van der Waals surface area contributed by atoms with Gasteiger partial charge in [-0.3, -0.25) is 4.79 Å². The number of rotatable bonds is 3. The second-order valence-corrected chi connectivity index (χ2v) is 6.10. The Bertz CT molecular complexity index is 567. The number of benzene rings is 1. The van der Waals surface area contributed by atoms with Crippen molar-refractivity contribution in [1.82, 2.24) is 5.32 Å². The number of aryl methyl sites for hydroxylation is 1. The molecule has 1 aromatic rings. The van der Waals surface area contributed by atoms with Crippen LogP contribution in [0.2, 0.25) is 0 Å². The topological polar surface area (TPSA) is 73.1 Å². The molecule has 1 amide bonds. The van der Waals surface area contributed by atoms with Gasteiger partial charge in [0.2, 0.25) is 0 Å². The fraction of sp³-hybridized carbons (Fsp3) is 0.467. The lowest BCUT2D eigenvalue weighted by Crippen LogP contribution is -2.52. The summed E-state index contributed by atoms with van der Waals surface area (Å²) in [6.07, 6.45) is 1.86. The van der Waals surface area contributed by atoms with Crippen LogP contribution in [0, 0.1) is 11.3 Å². The summed E-state index contributed by atoms with van der Waals surface area (Å²) in [5.74, 6) is -0.445. The molecule has 1 aliphatic carbocycles. The molecule has 0 saturated heterocycles. The number of nitrogens with one attached hydrogen (secondary N) is 1. The average molecular weight is 337 g/mol. The molecule has 0 fully saturated rings. The number of aliphatic hydroxyl groups is 1. The van der Waals surface area contributed by atoms with Crippen LogP contribution in [0.3, 0.4) is 0 Å². The van der Waals surface area contributed by atoms with Crippen LogP contribution in [-0.4, -0.2) is 22.7 Å². The second-order valence-electron chi connectivity index (χ2n) is 5.18. The Morgan fingerprint density at radius 3 is 3.00 bits per heavy atom. The maximum Gasteiger partial charge on any atom is 0.253 e. The molecule has 4 nitrogen and oxygen atoms in total. The molecular formula is C15H17BrN2O2. The Morgan fingerprint density at radius 1 is 1.60 bits per heavy atom. The molecule has 0 aliphatic heterocycles. The quantitative estimate of drug-likeness (QED) is 0.887. The van der Waals surface area contributed by atoms with Crippen LogP contribution in [0.5, 0.6) is 0 Å². The maximum atomic E-state index is 12.2. The SMILES string of the molecule is CC[C@H](C#N)NC(=O)C1(O)CCc2cc(Br)ccc2C1. The van der Waals surface area contributed by atoms with Crippen molar-refractivity contribution in [2.75, 3.05) is 0 Å². The number of nitrogens with zero attached hydrogens (tertiary/aromatic N) is 1. The van der Waals surface area contributed by atoms with Crippen molar-refractivity contribution in [3.05, 3.63) is 33.8 Å². The van der Waals surface area contributed by atoms with Crippen molar-refractivity contribution < 1.29 is 9.90 Å². The van der Waals surface area contributed by atoms with Gasteiger partial charge in [0.25, 0.3) is 5.91 Å². The number of fused-ring (bicyclic) bond motifs is 1. The third-order valence-corrected chi connectivity index (χ3v) is 4.24. The fourth-order valence-electron chi connectivity index (χ4n) is 2.46. The minimum atomic E-state index is -1.41. The molecule has 2 atom stereocenters. The van der Waals surface area contributed by atoms with Crippen LogP contribution in [0.15, 0.2) is 22.7 Å². The molecule has 1 aliphatic rings. The van der Waals surface area contributed by atoms with E-state index < -0.39 is 17.6 Å². The van der Waals surface area contributed by atoms with E-state index in [1.807, 2.05) is 31.2 Å². The normalized spacial score (nSPS) is 22.5. The first-order valence-electron chi connectivity index (χ1n) is 6.69. The molecule has 1 unspecified atom stereocenters. The number of hydrogen-bond acceptors (Lipinski definition) is 3. The zero-order chi connectivity index (χ0) is 14.8. The molecule has 5 heteroatoms. The lowest BCUT2D eigenvalue weighted by atomic mass is 9.80. The molecule has 2 rings (SSSR count). The van der Waals surface area contributed by atoms with E-state index in [-0.39, 0.29) is 0 Å². The second kappa shape index (κ2) is 5.94. The highest BCUT2D eigenvalue weighted by Crippen LogP contribution is 2.31. The molecule has 20 heavy (non-hydrogen) atoms. The zero-order valence-corrected chi connectivity index (χ0v) is 12.9. The van der Waals surface area contributed by atoms with Crippen LogP contribution in [0.1, 0.15) is 30.9 Å². The van der Waals surface area contributed by atoms with E-state index in [1.54, 1.807) is 0 Å². The summed E-state index contributed by atoms with van der Waals surface area (Å²) in [5, 5.41) is 22.1. The average Bonchev–Trinajstić information content (AvgIpc) is 2.44. The summed E-state index contributed by atoms with van der Waals surface area (Å²) in [4.78, 5) is 12.2. The van der Waals surface area contributed by atoms with Crippen molar-refractivity contribution in [3.63, 3.8) is 0 Å². The Balaban J connectivity index is 2.15. The third kappa shape index (κ3) is 3.02. The van der Waals surface area contributed by atoms with Gasteiger partial charge in [0.05, 0.1) is 6.07 Å². The van der Waals surface area contributed by atoms with Gasteiger partial charge in [-0.15, -0.1) is 0 Å². The van der Waals surface area contributed by atoms with Gasteiger partial charge in [-0.05, 0) is 42.5 Å². The molecule has 0 spiro atoms. The number of carbonyl (C=O) groups excluding carboxylic acids is 1. The lowest BCUT2D eigenvalue weighted by molar-refractivity contribution is -0.141. The van der Waals surface area contributed by atoms with E-state index in [4.69, 9.17) is 5.26 Å². The Kier molecular flexibility index (Phi) is 4.46. The molecule has 1 aromatic carbocycles. The molecular weight excluding hydrogens is 320 g/mol. The predicted octanol–water partition coefficient (Wildman–Crippen LogP) is 2.09. The molecule has 0 radical (unpaired) electrons. The third-order valence-electron chi connectivity index (χ3n) is 3.75.